The molecule has 0 spiro atoms. The fraction of sp³-hybridized carbons (Fsp3) is 0. The van der Waals surface area contributed by atoms with Gasteiger partial charge < -0.3 is 18.7 Å². The summed E-state index contributed by atoms with van der Waals surface area (Å²) in [7, 11) is 0. The number of halogens is 3. The van der Waals surface area contributed by atoms with Crippen molar-refractivity contribution in [3.8, 4) is 0 Å². The van der Waals surface area contributed by atoms with Crippen molar-refractivity contribution in [3.63, 3.8) is 0 Å². The molecule has 9 heteroatoms. The summed E-state index contributed by atoms with van der Waals surface area (Å²) < 4.78 is 35.7. The van der Waals surface area contributed by atoms with Crippen molar-refractivity contribution in [2.75, 3.05) is 0 Å². The molecule has 0 aliphatic rings. The third-order valence-electron chi connectivity index (χ3n) is 1.47. The minimum absolute atomic E-state index is 0. The third kappa shape index (κ3) is 5.21. The second-order valence-electron chi connectivity index (χ2n) is 2.68. The molecule has 0 atom stereocenters. The summed E-state index contributed by atoms with van der Waals surface area (Å²) in [4.78, 5) is 17.7. The van der Waals surface area contributed by atoms with E-state index in [-0.39, 0.29) is 68.6 Å². The van der Waals surface area contributed by atoms with Gasteiger partial charge in [-0.2, -0.15) is 0 Å². The molecule has 1 amide bonds. The maximum absolute atomic E-state index is 11.9. The summed E-state index contributed by atoms with van der Waals surface area (Å²) in [6, 6.07) is 0. The predicted octanol–water partition coefficient (Wildman–Crippen LogP) is -2.02. The molecule has 1 aromatic heterocycles. The fourth-order valence-corrected chi connectivity index (χ4v) is 0.881. The molecule has 4 nitrogen and oxygen atoms in total. The molecule has 0 unspecified atom stereocenters. The van der Waals surface area contributed by atoms with Crippen LogP contribution in [0.1, 0.15) is 16.1 Å². The zero-order valence-corrected chi connectivity index (χ0v) is 11.5. The predicted molar refractivity (Wildman–Crippen MR) is 48.7 cm³/mol. The molecule has 0 aliphatic heterocycles. The van der Waals surface area contributed by atoms with Crippen molar-refractivity contribution in [1.29, 1.82) is 0 Å². The Morgan fingerprint density at radius 3 is 2.56 bits per heavy atom. The first kappa shape index (κ1) is 15.8. The van der Waals surface area contributed by atoms with Gasteiger partial charge in [0, 0.05) is 11.8 Å². The Kier molecular flexibility index (Phi) is 6.41. The van der Waals surface area contributed by atoms with Crippen molar-refractivity contribution in [3.05, 3.63) is 29.8 Å². The summed E-state index contributed by atoms with van der Waals surface area (Å²) in [6.07, 6.45) is 2.85. The van der Waals surface area contributed by atoms with Crippen LogP contribution in [0.15, 0.2) is 18.5 Å². The van der Waals surface area contributed by atoms with Gasteiger partial charge >= 0.3 is 58.4 Å². The molecule has 1 aromatic rings. The SMILES string of the molecule is NC(=O)c1ncncc1/C=C/[B-](F)(F)F.[K+]. The third-order valence-corrected chi connectivity index (χ3v) is 1.47. The van der Waals surface area contributed by atoms with Gasteiger partial charge in [-0.1, -0.05) is 6.08 Å². The van der Waals surface area contributed by atoms with E-state index in [1.54, 1.807) is 0 Å². The van der Waals surface area contributed by atoms with E-state index < -0.39 is 12.9 Å². The topological polar surface area (TPSA) is 68.9 Å². The Balaban J connectivity index is 0.00000225. The number of rotatable bonds is 3. The first-order valence-electron chi connectivity index (χ1n) is 3.89. The van der Waals surface area contributed by atoms with E-state index in [0.717, 1.165) is 18.6 Å². The Morgan fingerprint density at radius 1 is 1.44 bits per heavy atom. The van der Waals surface area contributed by atoms with E-state index in [1.165, 1.54) is 0 Å². The Labute approximate surface area is 132 Å². The van der Waals surface area contributed by atoms with Crippen LogP contribution in [0.3, 0.4) is 0 Å². The number of hydrogen-bond donors (Lipinski definition) is 1. The molecule has 0 aliphatic carbocycles. The van der Waals surface area contributed by atoms with Crippen molar-refractivity contribution in [1.82, 2.24) is 9.97 Å². The van der Waals surface area contributed by atoms with Crippen LogP contribution in [0.5, 0.6) is 0 Å². The summed E-state index contributed by atoms with van der Waals surface area (Å²) in [5, 5.41) is 0. The number of nitrogens with two attached hydrogens (primary N) is 1. The van der Waals surface area contributed by atoms with Crippen LogP contribution in [-0.4, -0.2) is 22.9 Å². The standard InChI is InChI=1S/C7H6BF3N3O.K/c9-8(10,11)2-1-5-3-13-4-14-6(5)7(12)15;/h1-4H,(H2,12,15);/q-1;+1/b2-1+;. The van der Waals surface area contributed by atoms with E-state index >= 15 is 0 Å². The second-order valence-corrected chi connectivity index (χ2v) is 2.68. The van der Waals surface area contributed by atoms with Gasteiger partial charge in [0.25, 0.3) is 5.91 Å². The number of aromatic nitrogens is 2. The van der Waals surface area contributed by atoms with Crippen LogP contribution in [0.25, 0.3) is 6.08 Å². The van der Waals surface area contributed by atoms with Crippen molar-refractivity contribution >= 4 is 19.0 Å². The molecular weight excluding hydrogens is 249 g/mol. The maximum Gasteiger partial charge on any atom is 1.00 e. The fourth-order valence-electron chi connectivity index (χ4n) is 0.881. The Hall–Kier alpha value is -0.219. The van der Waals surface area contributed by atoms with E-state index in [0.29, 0.717) is 0 Å². The van der Waals surface area contributed by atoms with Gasteiger partial charge in [0.05, 0.1) is 0 Å². The maximum atomic E-state index is 11.9. The van der Waals surface area contributed by atoms with Gasteiger partial charge in [0.15, 0.2) is 0 Å². The molecule has 0 saturated heterocycles. The van der Waals surface area contributed by atoms with Gasteiger partial charge in [-0.15, -0.1) is 5.98 Å². The number of hydrogen-bond acceptors (Lipinski definition) is 3. The van der Waals surface area contributed by atoms with Gasteiger partial charge in [-0.25, -0.2) is 9.97 Å². The first-order valence-corrected chi connectivity index (χ1v) is 3.89. The van der Waals surface area contributed by atoms with Crippen LogP contribution >= 0.6 is 0 Å². The number of carbonyl (C=O) groups is 1. The Bertz CT molecular complexity index is 410. The normalized spacial score (nSPS) is 11.2. The van der Waals surface area contributed by atoms with Gasteiger partial charge in [-0.05, 0) is 0 Å². The molecule has 1 heterocycles. The molecule has 0 saturated carbocycles. The molecule has 2 N–H and O–H groups in total. The van der Waals surface area contributed by atoms with E-state index in [1.807, 2.05) is 0 Å². The van der Waals surface area contributed by atoms with Crippen molar-refractivity contribution in [2.45, 2.75) is 0 Å². The van der Waals surface area contributed by atoms with Crippen molar-refractivity contribution in [2.24, 2.45) is 5.73 Å². The summed E-state index contributed by atoms with van der Waals surface area (Å²) in [6.45, 7) is -5.05. The van der Waals surface area contributed by atoms with E-state index in [4.69, 9.17) is 5.73 Å². The smallest absolute Gasteiger partial charge is 0.445 e. The Morgan fingerprint density at radius 2 is 2.06 bits per heavy atom. The van der Waals surface area contributed by atoms with Crippen LogP contribution in [0.2, 0.25) is 0 Å². The molecule has 0 radical (unpaired) electrons. The molecule has 0 bridgehead atoms. The number of nitrogens with zero attached hydrogens (tertiary/aromatic N) is 2. The quantitative estimate of drug-likeness (QED) is 0.634. The van der Waals surface area contributed by atoms with Crippen LogP contribution in [-0.2, 0) is 0 Å². The van der Waals surface area contributed by atoms with Crippen LogP contribution in [0.4, 0.5) is 12.9 Å². The van der Waals surface area contributed by atoms with Crippen LogP contribution in [0, 0.1) is 0 Å². The minimum atomic E-state index is -5.05. The molecule has 1 rings (SSSR count). The zero-order chi connectivity index (χ0) is 11.5. The molecule has 0 fully saturated rings. The molecule has 0 aromatic carbocycles. The van der Waals surface area contributed by atoms with E-state index in [2.05, 4.69) is 9.97 Å². The second kappa shape index (κ2) is 6.50. The summed E-state index contributed by atoms with van der Waals surface area (Å²) >= 11 is 0. The average molecular weight is 255 g/mol. The van der Waals surface area contributed by atoms with E-state index in [9.17, 15) is 17.7 Å². The van der Waals surface area contributed by atoms with Gasteiger partial charge in [0.2, 0.25) is 0 Å². The largest absolute Gasteiger partial charge is 1.00 e. The minimum Gasteiger partial charge on any atom is -0.445 e. The number of amides is 1. The first-order chi connectivity index (χ1) is 6.90. The average Bonchev–Trinajstić information content (AvgIpc) is 2.14. The van der Waals surface area contributed by atoms with Crippen LogP contribution < -0.4 is 57.1 Å². The monoisotopic (exact) mass is 255 g/mol. The number of primary amides is 1. The number of carbonyl (C=O) groups excluding carboxylic acids is 1. The summed E-state index contributed by atoms with van der Waals surface area (Å²) in [5.41, 5.74) is 4.63. The van der Waals surface area contributed by atoms with Gasteiger partial charge in [0.1, 0.15) is 12.0 Å². The molecular formula is C7H6BF3KN3O. The summed E-state index contributed by atoms with van der Waals surface area (Å²) in [5.74, 6) is -0.850. The molecule has 16 heavy (non-hydrogen) atoms. The molecule has 80 valence electrons. The van der Waals surface area contributed by atoms with Crippen molar-refractivity contribution < 1.29 is 69.1 Å². The van der Waals surface area contributed by atoms with Gasteiger partial charge in [-0.3, -0.25) is 4.79 Å². The zero-order valence-electron chi connectivity index (χ0n) is 8.40.